The van der Waals surface area contributed by atoms with E-state index in [4.69, 9.17) is 5.73 Å². The zero-order chi connectivity index (χ0) is 9.26. The van der Waals surface area contributed by atoms with Crippen LogP contribution < -0.4 is 5.73 Å². The molecule has 0 saturated carbocycles. The highest BCUT2D eigenvalue weighted by atomic mass is 15.4. The number of hydrogen-bond donors (Lipinski definition) is 1. The van der Waals surface area contributed by atoms with Crippen molar-refractivity contribution >= 4 is 5.95 Å². The van der Waals surface area contributed by atoms with Crippen molar-refractivity contribution in [2.75, 3.05) is 5.73 Å². The minimum atomic E-state index is 0.267. The molecule has 2 aromatic heterocycles. The lowest BCUT2D eigenvalue weighted by Gasteiger charge is -1.98. The molecule has 66 valence electrons. The Morgan fingerprint density at radius 2 is 2.23 bits per heavy atom. The van der Waals surface area contributed by atoms with Gasteiger partial charge in [-0.25, -0.2) is 4.98 Å². The molecular formula is C8H9N5. The Bertz CT molecular complexity index is 406. The van der Waals surface area contributed by atoms with Gasteiger partial charge in [-0.3, -0.25) is 0 Å². The van der Waals surface area contributed by atoms with Crippen LogP contribution >= 0.6 is 0 Å². The third-order valence-electron chi connectivity index (χ3n) is 1.65. The zero-order valence-corrected chi connectivity index (χ0v) is 7.18. The van der Waals surface area contributed by atoms with Crippen LogP contribution in [0.2, 0.25) is 0 Å². The SMILES string of the molecule is Cc1nc(N)nn1-c1ccccn1. The molecule has 0 amide bonds. The average Bonchev–Trinajstić information content (AvgIpc) is 2.47. The molecule has 13 heavy (non-hydrogen) atoms. The van der Waals surface area contributed by atoms with Crippen LogP contribution in [0.5, 0.6) is 0 Å². The fraction of sp³-hybridized carbons (Fsp3) is 0.125. The minimum absolute atomic E-state index is 0.267. The molecule has 2 aromatic rings. The Morgan fingerprint density at radius 3 is 2.77 bits per heavy atom. The fourth-order valence-electron chi connectivity index (χ4n) is 1.11. The highest BCUT2D eigenvalue weighted by molar-refractivity contribution is 5.25. The fourth-order valence-corrected chi connectivity index (χ4v) is 1.11. The topological polar surface area (TPSA) is 69.6 Å². The lowest BCUT2D eigenvalue weighted by atomic mass is 10.4. The third-order valence-corrected chi connectivity index (χ3v) is 1.65. The number of pyridine rings is 1. The Balaban J connectivity index is 2.53. The van der Waals surface area contributed by atoms with E-state index in [1.807, 2.05) is 25.1 Å². The first-order valence-corrected chi connectivity index (χ1v) is 3.88. The highest BCUT2D eigenvalue weighted by Crippen LogP contribution is 2.05. The number of anilines is 1. The van der Waals surface area contributed by atoms with Crippen molar-refractivity contribution in [1.29, 1.82) is 0 Å². The second-order valence-corrected chi connectivity index (χ2v) is 2.62. The van der Waals surface area contributed by atoms with Crippen molar-refractivity contribution in [1.82, 2.24) is 19.7 Å². The van der Waals surface area contributed by atoms with Crippen molar-refractivity contribution in [3.63, 3.8) is 0 Å². The number of nitrogens with two attached hydrogens (primary N) is 1. The summed E-state index contributed by atoms with van der Waals surface area (Å²) in [6.07, 6.45) is 1.70. The van der Waals surface area contributed by atoms with E-state index in [0.717, 1.165) is 11.6 Å². The summed E-state index contributed by atoms with van der Waals surface area (Å²) in [5.41, 5.74) is 5.45. The van der Waals surface area contributed by atoms with E-state index in [0.29, 0.717) is 0 Å². The van der Waals surface area contributed by atoms with Gasteiger partial charge in [-0.1, -0.05) is 6.07 Å². The van der Waals surface area contributed by atoms with Crippen LogP contribution in [-0.4, -0.2) is 19.7 Å². The lowest BCUT2D eigenvalue weighted by Crippen LogP contribution is -2.01. The van der Waals surface area contributed by atoms with Gasteiger partial charge in [0.1, 0.15) is 5.82 Å². The van der Waals surface area contributed by atoms with Gasteiger partial charge in [0.25, 0.3) is 0 Å². The van der Waals surface area contributed by atoms with Crippen molar-refractivity contribution in [2.45, 2.75) is 6.92 Å². The van der Waals surface area contributed by atoms with Gasteiger partial charge in [0.2, 0.25) is 5.95 Å². The van der Waals surface area contributed by atoms with Crippen LogP contribution in [0.3, 0.4) is 0 Å². The van der Waals surface area contributed by atoms with Gasteiger partial charge in [-0.05, 0) is 19.1 Å². The van der Waals surface area contributed by atoms with Gasteiger partial charge in [0.15, 0.2) is 5.82 Å². The molecular weight excluding hydrogens is 166 g/mol. The van der Waals surface area contributed by atoms with E-state index < -0.39 is 0 Å². The first-order chi connectivity index (χ1) is 6.27. The molecule has 0 unspecified atom stereocenters. The summed E-state index contributed by atoms with van der Waals surface area (Å²) in [5.74, 6) is 1.73. The maximum Gasteiger partial charge on any atom is 0.240 e. The summed E-state index contributed by atoms with van der Waals surface area (Å²) < 4.78 is 1.61. The number of aromatic nitrogens is 4. The van der Waals surface area contributed by atoms with Crippen LogP contribution in [0.25, 0.3) is 5.82 Å². The van der Waals surface area contributed by atoms with Gasteiger partial charge >= 0.3 is 0 Å². The van der Waals surface area contributed by atoms with Gasteiger partial charge in [-0.15, -0.1) is 5.10 Å². The summed E-state index contributed by atoms with van der Waals surface area (Å²) >= 11 is 0. The Labute approximate surface area is 75.2 Å². The standard InChI is InChI=1S/C8H9N5/c1-6-11-8(9)12-13(6)7-4-2-3-5-10-7/h2-5H,1H3,(H2,9,12). The minimum Gasteiger partial charge on any atom is -0.366 e. The number of hydrogen-bond acceptors (Lipinski definition) is 4. The van der Waals surface area contributed by atoms with Crippen LogP contribution in [-0.2, 0) is 0 Å². The van der Waals surface area contributed by atoms with Gasteiger partial charge in [0.05, 0.1) is 0 Å². The molecule has 0 aliphatic rings. The first kappa shape index (κ1) is 7.72. The van der Waals surface area contributed by atoms with E-state index in [1.54, 1.807) is 10.9 Å². The van der Waals surface area contributed by atoms with Gasteiger partial charge < -0.3 is 5.73 Å². The normalized spacial score (nSPS) is 10.2. The molecule has 2 rings (SSSR count). The quantitative estimate of drug-likeness (QED) is 0.687. The van der Waals surface area contributed by atoms with Crippen molar-refractivity contribution in [3.05, 3.63) is 30.2 Å². The first-order valence-electron chi connectivity index (χ1n) is 3.88. The number of nitrogens with zero attached hydrogens (tertiary/aromatic N) is 4. The number of nitrogen functional groups attached to an aromatic ring is 1. The van der Waals surface area contributed by atoms with Crippen LogP contribution in [0.4, 0.5) is 5.95 Å². The second kappa shape index (κ2) is 2.85. The molecule has 2 heterocycles. The largest absolute Gasteiger partial charge is 0.366 e. The van der Waals surface area contributed by atoms with Crippen LogP contribution in [0, 0.1) is 6.92 Å². The van der Waals surface area contributed by atoms with Crippen molar-refractivity contribution in [2.24, 2.45) is 0 Å². The predicted octanol–water partition coefficient (Wildman–Crippen LogP) is 0.553. The maximum atomic E-state index is 5.45. The van der Waals surface area contributed by atoms with E-state index in [9.17, 15) is 0 Å². The summed E-state index contributed by atoms with van der Waals surface area (Å²) in [4.78, 5) is 8.11. The molecule has 0 fully saturated rings. The molecule has 5 heteroatoms. The molecule has 0 aliphatic heterocycles. The lowest BCUT2D eigenvalue weighted by molar-refractivity contribution is 0.814. The Morgan fingerprint density at radius 1 is 1.38 bits per heavy atom. The average molecular weight is 175 g/mol. The summed E-state index contributed by atoms with van der Waals surface area (Å²) in [6, 6.07) is 5.58. The second-order valence-electron chi connectivity index (χ2n) is 2.62. The Kier molecular flexibility index (Phi) is 1.70. The molecule has 2 N–H and O–H groups in total. The maximum absolute atomic E-state index is 5.45. The van der Waals surface area contributed by atoms with Gasteiger partial charge in [0, 0.05) is 6.20 Å². The Hall–Kier alpha value is -1.91. The van der Waals surface area contributed by atoms with Gasteiger partial charge in [-0.2, -0.15) is 9.67 Å². The molecule has 0 saturated heterocycles. The van der Waals surface area contributed by atoms with Crippen molar-refractivity contribution in [3.8, 4) is 5.82 Å². The smallest absolute Gasteiger partial charge is 0.240 e. The molecule has 0 bridgehead atoms. The number of rotatable bonds is 1. The summed E-state index contributed by atoms with van der Waals surface area (Å²) in [5, 5.41) is 4.00. The van der Waals surface area contributed by atoms with E-state index in [1.165, 1.54) is 0 Å². The molecule has 5 nitrogen and oxygen atoms in total. The molecule has 0 spiro atoms. The van der Waals surface area contributed by atoms with E-state index in [2.05, 4.69) is 15.1 Å². The van der Waals surface area contributed by atoms with E-state index >= 15 is 0 Å². The molecule has 0 atom stereocenters. The molecule has 0 radical (unpaired) electrons. The summed E-state index contributed by atoms with van der Waals surface area (Å²) in [6.45, 7) is 1.83. The molecule has 0 aliphatic carbocycles. The van der Waals surface area contributed by atoms with E-state index in [-0.39, 0.29) is 5.95 Å². The molecule has 0 aromatic carbocycles. The number of aryl methyl sites for hydroxylation is 1. The van der Waals surface area contributed by atoms with Crippen LogP contribution in [0.1, 0.15) is 5.82 Å². The predicted molar refractivity (Wildman–Crippen MR) is 48.3 cm³/mol. The zero-order valence-electron chi connectivity index (χ0n) is 7.18. The summed E-state index contributed by atoms with van der Waals surface area (Å²) in [7, 11) is 0. The monoisotopic (exact) mass is 175 g/mol. The van der Waals surface area contributed by atoms with Crippen LogP contribution in [0.15, 0.2) is 24.4 Å². The third kappa shape index (κ3) is 1.35. The highest BCUT2D eigenvalue weighted by Gasteiger charge is 2.04. The van der Waals surface area contributed by atoms with Crippen molar-refractivity contribution < 1.29 is 0 Å².